The van der Waals surface area contributed by atoms with Crippen LogP contribution in [0.2, 0.25) is 0 Å². The molecule has 0 saturated heterocycles. The molecule has 7 heteroatoms. The number of hydrogen-bond donors (Lipinski definition) is 1. The number of benzene rings is 1. The van der Waals surface area contributed by atoms with Gasteiger partial charge in [0.1, 0.15) is 18.9 Å². The first-order chi connectivity index (χ1) is 10.3. The van der Waals surface area contributed by atoms with Gasteiger partial charge in [-0.3, -0.25) is 4.79 Å². The van der Waals surface area contributed by atoms with Crippen molar-refractivity contribution in [2.24, 2.45) is 0 Å². The van der Waals surface area contributed by atoms with Crippen molar-refractivity contribution in [3.63, 3.8) is 0 Å². The van der Waals surface area contributed by atoms with Crippen molar-refractivity contribution < 1.29 is 4.79 Å². The molecule has 2 aromatic rings. The number of carbonyl (C=O) groups excluding carboxylic acids is 1. The second-order valence-corrected chi connectivity index (χ2v) is 5.41. The lowest BCUT2D eigenvalue weighted by Gasteiger charge is -2.05. The molecule has 6 nitrogen and oxygen atoms in total. The third-order valence-corrected chi connectivity index (χ3v) is 3.70. The van der Waals surface area contributed by atoms with Gasteiger partial charge in [-0.25, -0.2) is 9.67 Å². The highest BCUT2D eigenvalue weighted by Gasteiger charge is 2.04. The molecule has 0 bridgehead atoms. The Bertz CT molecular complexity index is 620. The standard InChI is InChI=1S/C14H15N5OS/c15-9-13-17-11-19(18-13)10-14(20)16-7-4-8-21-12-5-2-1-3-6-12/h1-3,5-6,11H,4,7-8,10H2,(H,16,20). The van der Waals surface area contributed by atoms with Crippen molar-refractivity contribution in [1.82, 2.24) is 20.1 Å². The third-order valence-electron chi connectivity index (χ3n) is 2.60. The topological polar surface area (TPSA) is 83.6 Å². The number of nitrogens with one attached hydrogen (secondary N) is 1. The van der Waals surface area contributed by atoms with Crippen LogP contribution in [0.15, 0.2) is 41.6 Å². The summed E-state index contributed by atoms with van der Waals surface area (Å²) in [7, 11) is 0. The van der Waals surface area contributed by atoms with E-state index in [9.17, 15) is 4.79 Å². The van der Waals surface area contributed by atoms with E-state index in [0.29, 0.717) is 6.54 Å². The summed E-state index contributed by atoms with van der Waals surface area (Å²) >= 11 is 1.77. The second kappa shape index (κ2) is 8.07. The molecule has 0 unspecified atom stereocenters. The van der Waals surface area contributed by atoms with Crippen LogP contribution in [0.5, 0.6) is 0 Å². The zero-order chi connectivity index (χ0) is 14.9. The van der Waals surface area contributed by atoms with E-state index in [2.05, 4.69) is 27.5 Å². The lowest BCUT2D eigenvalue weighted by Crippen LogP contribution is -2.28. The predicted molar refractivity (Wildman–Crippen MR) is 79.5 cm³/mol. The van der Waals surface area contributed by atoms with E-state index in [1.54, 1.807) is 11.8 Å². The maximum Gasteiger partial charge on any atom is 0.252 e. The molecule has 108 valence electrons. The van der Waals surface area contributed by atoms with Gasteiger partial charge in [-0.05, 0) is 24.3 Å². The number of hydrogen-bond acceptors (Lipinski definition) is 5. The number of carbonyl (C=O) groups is 1. The Kier molecular flexibility index (Phi) is 5.79. The summed E-state index contributed by atoms with van der Waals surface area (Å²) in [6.45, 7) is 0.707. The average Bonchev–Trinajstić information content (AvgIpc) is 2.95. The molecular weight excluding hydrogens is 286 g/mol. The molecule has 1 heterocycles. The predicted octanol–water partition coefficient (Wildman–Crippen LogP) is 1.45. The van der Waals surface area contributed by atoms with Gasteiger partial charge in [0, 0.05) is 11.4 Å². The van der Waals surface area contributed by atoms with Crippen molar-refractivity contribution in [2.45, 2.75) is 17.9 Å². The highest BCUT2D eigenvalue weighted by Crippen LogP contribution is 2.17. The van der Waals surface area contributed by atoms with Gasteiger partial charge in [0.15, 0.2) is 0 Å². The summed E-state index contributed by atoms with van der Waals surface area (Å²) in [5, 5.41) is 15.2. The van der Waals surface area contributed by atoms with Crippen molar-refractivity contribution in [1.29, 1.82) is 5.26 Å². The van der Waals surface area contributed by atoms with Crippen LogP contribution in [0, 0.1) is 11.3 Å². The van der Waals surface area contributed by atoms with E-state index in [1.807, 2.05) is 24.3 Å². The lowest BCUT2D eigenvalue weighted by atomic mass is 10.4. The Morgan fingerprint density at radius 1 is 1.38 bits per heavy atom. The zero-order valence-corrected chi connectivity index (χ0v) is 12.2. The molecule has 1 N–H and O–H groups in total. The summed E-state index contributed by atoms with van der Waals surface area (Å²) in [5.74, 6) is 0.891. The van der Waals surface area contributed by atoms with Gasteiger partial charge in [-0.15, -0.1) is 16.9 Å². The first-order valence-electron chi connectivity index (χ1n) is 6.52. The number of thioether (sulfide) groups is 1. The van der Waals surface area contributed by atoms with Crippen LogP contribution < -0.4 is 5.32 Å². The SMILES string of the molecule is N#Cc1ncn(CC(=O)NCCCSc2ccccc2)n1. The maximum absolute atomic E-state index is 11.7. The van der Waals surface area contributed by atoms with Gasteiger partial charge in [-0.1, -0.05) is 18.2 Å². The lowest BCUT2D eigenvalue weighted by molar-refractivity contribution is -0.121. The second-order valence-electron chi connectivity index (χ2n) is 4.24. The van der Waals surface area contributed by atoms with E-state index in [0.717, 1.165) is 12.2 Å². The molecule has 2 rings (SSSR count). The molecule has 0 atom stereocenters. The molecule has 0 spiro atoms. The first-order valence-corrected chi connectivity index (χ1v) is 7.50. The van der Waals surface area contributed by atoms with Crippen molar-refractivity contribution in [3.05, 3.63) is 42.5 Å². The number of nitrogens with zero attached hydrogens (tertiary/aromatic N) is 4. The van der Waals surface area contributed by atoms with Gasteiger partial charge < -0.3 is 5.32 Å². The van der Waals surface area contributed by atoms with Crippen molar-refractivity contribution in [3.8, 4) is 6.07 Å². The van der Waals surface area contributed by atoms with Crippen LogP contribution in [0.4, 0.5) is 0 Å². The highest BCUT2D eigenvalue weighted by molar-refractivity contribution is 7.99. The molecular formula is C14H15N5OS. The fourth-order valence-electron chi connectivity index (χ4n) is 1.63. The number of rotatable bonds is 7. The van der Waals surface area contributed by atoms with E-state index in [1.165, 1.54) is 15.9 Å². The molecule has 21 heavy (non-hydrogen) atoms. The van der Waals surface area contributed by atoms with Gasteiger partial charge in [0.05, 0.1) is 0 Å². The molecule has 0 saturated carbocycles. The average molecular weight is 301 g/mol. The molecule has 0 aliphatic carbocycles. The summed E-state index contributed by atoms with van der Waals surface area (Å²) in [4.78, 5) is 16.6. The molecule has 1 aromatic carbocycles. The Morgan fingerprint density at radius 2 is 2.19 bits per heavy atom. The maximum atomic E-state index is 11.7. The van der Waals surface area contributed by atoms with Crippen LogP contribution in [0.25, 0.3) is 0 Å². The highest BCUT2D eigenvalue weighted by atomic mass is 32.2. The van der Waals surface area contributed by atoms with Crippen molar-refractivity contribution in [2.75, 3.05) is 12.3 Å². The Balaban J connectivity index is 1.60. The molecule has 0 aliphatic heterocycles. The van der Waals surface area contributed by atoms with Crippen LogP contribution in [0.3, 0.4) is 0 Å². The Morgan fingerprint density at radius 3 is 2.90 bits per heavy atom. The Labute approximate surface area is 127 Å². The summed E-state index contributed by atoms with van der Waals surface area (Å²) < 4.78 is 1.35. The van der Waals surface area contributed by atoms with E-state index in [4.69, 9.17) is 5.26 Å². The number of aromatic nitrogens is 3. The zero-order valence-electron chi connectivity index (χ0n) is 11.4. The molecule has 1 amide bonds. The number of nitriles is 1. The van der Waals surface area contributed by atoms with E-state index in [-0.39, 0.29) is 18.3 Å². The summed E-state index contributed by atoms with van der Waals surface area (Å²) in [6.07, 6.45) is 2.27. The molecule has 0 aliphatic rings. The van der Waals surface area contributed by atoms with Crippen LogP contribution in [-0.2, 0) is 11.3 Å². The molecule has 1 aromatic heterocycles. The normalized spacial score (nSPS) is 10.0. The first kappa shape index (κ1) is 15.1. The fraction of sp³-hybridized carbons (Fsp3) is 0.286. The van der Waals surface area contributed by atoms with Crippen molar-refractivity contribution >= 4 is 17.7 Å². The third kappa shape index (κ3) is 5.28. The summed E-state index contributed by atoms with van der Waals surface area (Å²) in [6, 6.07) is 12.0. The minimum Gasteiger partial charge on any atom is -0.354 e. The van der Waals surface area contributed by atoms with Gasteiger partial charge in [-0.2, -0.15) is 5.26 Å². The summed E-state index contributed by atoms with van der Waals surface area (Å²) in [5.41, 5.74) is 0. The monoisotopic (exact) mass is 301 g/mol. The van der Waals surface area contributed by atoms with E-state index >= 15 is 0 Å². The van der Waals surface area contributed by atoms with Crippen LogP contribution >= 0.6 is 11.8 Å². The Hall–Kier alpha value is -2.33. The minimum atomic E-state index is -0.130. The van der Waals surface area contributed by atoms with Gasteiger partial charge >= 0.3 is 0 Å². The van der Waals surface area contributed by atoms with Gasteiger partial charge in [0.2, 0.25) is 5.91 Å². The molecule has 0 fully saturated rings. The smallest absolute Gasteiger partial charge is 0.252 e. The van der Waals surface area contributed by atoms with Gasteiger partial charge in [0.25, 0.3) is 5.82 Å². The van der Waals surface area contributed by atoms with E-state index < -0.39 is 0 Å². The van der Waals surface area contributed by atoms with Crippen LogP contribution in [0.1, 0.15) is 12.2 Å². The van der Waals surface area contributed by atoms with Crippen LogP contribution in [-0.4, -0.2) is 33.0 Å². The quantitative estimate of drug-likeness (QED) is 0.618. The number of amides is 1. The largest absolute Gasteiger partial charge is 0.354 e. The fourth-order valence-corrected chi connectivity index (χ4v) is 2.51. The minimum absolute atomic E-state index is 0.0714. The molecule has 0 radical (unpaired) electrons.